The van der Waals surface area contributed by atoms with Crippen molar-refractivity contribution in [3.63, 3.8) is 0 Å². The van der Waals surface area contributed by atoms with Crippen LogP contribution in [0.5, 0.6) is 0 Å². The van der Waals surface area contributed by atoms with Gasteiger partial charge in [-0.1, -0.05) is 181 Å². The number of aryl methyl sites for hydroxylation is 1. The molecule has 0 saturated heterocycles. The maximum Gasteiger partial charge on any atom is 0.0812 e. The van der Waals surface area contributed by atoms with Crippen molar-refractivity contribution < 1.29 is 0 Å². The second kappa shape index (κ2) is 14.6. The molecule has 2 heteroatoms. The van der Waals surface area contributed by atoms with E-state index < -0.39 is 0 Å². The minimum Gasteiger partial charge on any atom is -0.255 e. The second-order valence-corrected chi connectivity index (χ2v) is 13.0. The molecule has 0 unspecified atom stereocenters. The third-order valence-corrected chi connectivity index (χ3v) is 9.73. The number of hydrogen-bond donors (Lipinski definition) is 0. The fourth-order valence-electron chi connectivity index (χ4n) is 7.35. The van der Waals surface area contributed by atoms with Crippen molar-refractivity contribution >= 4 is 22.7 Å². The summed E-state index contributed by atoms with van der Waals surface area (Å²) in [6.07, 6.45) is 3.74. The number of hydrogen-bond acceptors (Lipinski definition) is 2. The predicted molar refractivity (Wildman–Crippen MR) is 213 cm³/mol. The first-order chi connectivity index (χ1) is 25.2. The van der Waals surface area contributed by atoms with Crippen molar-refractivity contribution in [2.45, 2.75) is 18.8 Å². The lowest BCUT2D eigenvalue weighted by molar-refractivity contribution is 0.949. The number of nitrogens with zero attached hydrogens (tertiary/aromatic N) is 2. The summed E-state index contributed by atoms with van der Waals surface area (Å²) in [6, 6.07) is 67.5. The van der Waals surface area contributed by atoms with E-state index in [1.807, 2.05) is 30.6 Å². The van der Waals surface area contributed by atoms with Gasteiger partial charge in [0.1, 0.15) is 0 Å². The summed E-state index contributed by atoms with van der Waals surface area (Å²) in [5.41, 5.74) is 12.6. The van der Waals surface area contributed by atoms with Crippen LogP contribution in [0.2, 0.25) is 0 Å². The summed E-state index contributed by atoms with van der Waals surface area (Å²) >= 11 is 0. The zero-order chi connectivity index (χ0) is 34.4. The topological polar surface area (TPSA) is 25.2 Å². The van der Waals surface area contributed by atoms with E-state index in [0.717, 1.165) is 33.5 Å². The Bertz CT molecular complexity index is 2310. The molecule has 8 rings (SSSR count). The van der Waals surface area contributed by atoms with Gasteiger partial charge >= 0.3 is 0 Å². The Kier molecular flexibility index (Phi) is 9.13. The zero-order valence-electron chi connectivity index (χ0n) is 28.6. The lowest BCUT2D eigenvalue weighted by Gasteiger charge is -2.27. The van der Waals surface area contributed by atoms with Gasteiger partial charge in [-0.3, -0.25) is 9.98 Å². The van der Waals surface area contributed by atoms with Crippen LogP contribution in [0.15, 0.2) is 199 Å². The first-order valence-electron chi connectivity index (χ1n) is 17.6. The minimum absolute atomic E-state index is 0.0112. The summed E-state index contributed by atoms with van der Waals surface area (Å²) < 4.78 is 0. The first-order valence-corrected chi connectivity index (χ1v) is 17.6. The highest BCUT2D eigenvalue weighted by Gasteiger charge is 2.28. The van der Waals surface area contributed by atoms with E-state index in [-0.39, 0.29) is 11.8 Å². The molecule has 8 aromatic rings. The Labute approximate surface area is 300 Å². The van der Waals surface area contributed by atoms with Crippen molar-refractivity contribution in [1.29, 1.82) is 0 Å². The molecule has 0 N–H and O–H groups in total. The number of fused-ring (bicyclic) bond motifs is 1. The maximum absolute atomic E-state index is 5.44. The van der Waals surface area contributed by atoms with E-state index in [2.05, 4.69) is 182 Å². The lowest BCUT2D eigenvalue weighted by atomic mass is 9.76. The van der Waals surface area contributed by atoms with Crippen LogP contribution in [-0.4, -0.2) is 11.2 Å². The third kappa shape index (κ3) is 6.65. The van der Waals surface area contributed by atoms with Gasteiger partial charge < -0.3 is 0 Å². The fourth-order valence-corrected chi connectivity index (χ4v) is 7.35. The van der Waals surface area contributed by atoms with Gasteiger partial charge in [-0.2, -0.15) is 0 Å². The van der Waals surface area contributed by atoms with Crippen LogP contribution in [0.4, 0.5) is 5.69 Å². The average molecular weight is 655 g/mol. The summed E-state index contributed by atoms with van der Waals surface area (Å²) in [5.74, 6) is -0.0902. The zero-order valence-corrected chi connectivity index (χ0v) is 28.6. The van der Waals surface area contributed by atoms with Gasteiger partial charge in [0.25, 0.3) is 0 Å². The Balaban J connectivity index is 1.54. The van der Waals surface area contributed by atoms with Gasteiger partial charge in [-0.25, -0.2) is 0 Å². The third-order valence-electron chi connectivity index (χ3n) is 9.73. The van der Waals surface area contributed by atoms with E-state index in [0.29, 0.717) is 0 Å². The number of pyridine rings is 1. The molecule has 0 aliphatic heterocycles. The van der Waals surface area contributed by atoms with E-state index in [9.17, 15) is 0 Å². The fraction of sp³-hybridized carbons (Fsp3) is 0.0612. The van der Waals surface area contributed by atoms with Gasteiger partial charge in [0.15, 0.2) is 0 Å². The largest absolute Gasteiger partial charge is 0.255 e. The van der Waals surface area contributed by atoms with Crippen LogP contribution < -0.4 is 0 Å². The SMILES string of the molecule is Cc1ccc(-c2cccc3c(C(c4ccccc4)c4ccccc4)cc(C(c4ccccc4)c4ccccc4)c(N=Cc4ccccn4)c23)cc1. The molecular weight excluding hydrogens is 617 g/mol. The van der Waals surface area contributed by atoms with Crippen LogP contribution in [0.3, 0.4) is 0 Å². The van der Waals surface area contributed by atoms with Crippen molar-refractivity contribution in [1.82, 2.24) is 4.98 Å². The highest BCUT2D eigenvalue weighted by Crippen LogP contribution is 2.49. The minimum atomic E-state index is -0.0790. The van der Waals surface area contributed by atoms with Crippen LogP contribution in [0.25, 0.3) is 21.9 Å². The van der Waals surface area contributed by atoms with Crippen LogP contribution in [0, 0.1) is 6.92 Å². The summed E-state index contributed by atoms with van der Waals surface area (Å²) in [5, 5.41) is 2.32. The molecule has 2 nitrogen and oxygen atoms in total. The Hall–Kier alpha value is -6.38. The molecular formula is C49H38N2. The molecule has 0 atom stereocenters. The molecule has 1 aromatic heterocycles. The first kappa shape index (κ1) is 31.9. The normalized spacial score (nSPS) is 11.5. The van der Waals surface area contributed by atoms with E-state index in [1.165, 1.54) is 38.8 Å². The quantitative estimate of drug-likeness (QED) is 0.112. The molecule has 7 aromatic carbocycles. The summed E-state index contributed by atoms with van der Waals surface area (Å²) in [6.45, 7) is 2.14. The van der Waals surface area contributed by atoms with Crippen molar-refractivity contribution in [3.8, 4) is 11.1 Å². The summed E-state index contributed by atoms with van der Waals surface area (Å²) in [7, 11) is 0. The lowest BCUT2D eigenvalue weighted by Crippen LogP contribution is -2.09. The highest BCUT2D eigenvalue weighted by atomic mass is 14.8. The molecule has 0 bridgehead atoms. The number of rotatable bonds is 9. The van der Waals surface area contributed by atoms with Gasteiger partial charge in [0.2, 0.25) is 0 Å². The average Bonchev–Trinajstić information content (AvgIpc) is 3.20. The van der Waals surface area contributed by atoms with Crippen molar-refractivity contribution in [3.05, 3.63) is 239 Å². The predicted octanol–water partition coefficient (Wildman–Crippen LogP) is 12.3. The number of aromatic nitrogens is 1. The molecule has 0 aliphatic rings. The van der Waals surface area contributed by atoms with E-state index in [1.54, 1.807) is 0 Å². The highest BCUT2D eigenvalue weighted by molar-refractivity contribution is 6.08. The molecule has 0 saturated carbocycles. The van der Waals surface area contributed by atoms with Gasteiger partial charge in [-0.15, -0.1) is 0 Å². The van der Waals surface area contributed by atoms with E-state index >= 15 is 0 Å². The number of aliphatic imine (C=N–C) groups is 1. The summed E-state index contributed by atoms with van der Waals surface area (Å²) in [4.78, 5) is 10.1. The smallest absolute Gasteiger partial charge is 0.0812 e. The molecule has 51 heavy (non-hydrogen) atoms. The Morgan fingerprint density at radius 2 is 1.00 bits per heavy atom. The maximum atomic E-state index is 5.44. The molecule has 0 fully saturated rings. The molecule has 244 valence electrons. The van der Waals surface area contributed by atoms with Crippen LogP contribution >= 0.6 is 0 Å². The van der Waals surface area contributed by atoms with Gasteiger partial charge in [-0.05, 0) is 69.0 Å². The molecule has 0 amide bonds. The number of benzene rings is 7. The molecule has 0 radical (unpaired) electrons. The second-order valence-electron chi connectivity index (χ2n) is 13.0. The van der Waals surface area contributed by atoms with Crippen molar-refractivity contribution in [2.24, 2.45) is 4.99 Å². The Morgan fingerprint density at radius 1 is 0.490 bits per heavy atom. The van der Waals surface area contributed by atoms with Crippen LogP contribution in [0.1, 0.15) is 56.5 Å². The van der Waals surface area contributed by atoms with Crippen molar-refractivity contribution in [2.75, 3.05) is 0 Å². The molecule has 0 aliphatic carbocycles. The standard InChI is InChI=1S/C49H38N2/c1-35-28-30-36(31-29-35)42-26-16-27-43-44(46(37-17-6-2-7-18-37)38-19-8-3-9-20-38)33-45(49(48(42)43)51-34-41-25-14-15-32-50-41)47(39-21-10-4-11-22-39)40-23-12-5-13-24-40/h2-34,46-47H,1H3. The van der Waals surface area contributed by atoms with Gasteiger partial charge in [0.05, 0.1) is 17.6 Å². The Morgan fingerprint density at radius 3 is 1.51 bits per heavy atom. The monoisotopic (exact) mass is 654 g/mol. The molecule has 1 heterocycles. The van der Waals surface area contributed by atoms with Crippen LogP contribution in [-0.2, 0) is 0 Å². The van der Waals surface area contributed by atoms with E-state index in [4.69, 9.17) is 4.99 Å². The van der Waals surface area contributed by atoms with Gasteiger partial charge in [0, 0.05) is 23.4 Å². The molecule has 0 spiro atoms.